The number of alkyl halides is 3. The lowest BCUT2D eigenvalue weighted by Gasteiger charge is -2.29. The third kappa shape index (κ3) is 2.88. The maximum absolute atomic E-state index is 14.0. The fraction of sp³-hybridized carbons (Fsp3) is 0.250. The van der Waals surface area contributed by atoms with Gasteiger partial charge in [0.2, 0.25) is 0 Å². The van der Waals surface area contributed by atoms with Crippen LogP contribution in [0.25, 0.3) is 22.2 Å². The summed E-state index contributed by atoms with van der Waals surface area (Å²) in [5.74, 6) is -1.74. The zero-order chi connectivity index (χ0) is 19.8. The number of halogens is 3. The first kappa shape index (κ1) is 19.0. The molecule has 0 aliphatic heterocycles. The molecule has 0 aliphatic rings. The van der Waals surface area contributed by atoms with Crippen LogP contribution in [0.1, 0.15) is 12.5 Å². The molecule has 2 aromatic carbocycles. The minimum absolute atomic E-state index is 0.102. The van der Waals surface area contributed by atoms with Gasteiger partial charge in [-0.05, 0) is 18.6 Å². The molecular weight excluding hydrogens is 359 g/mol. The molecule has 4 nitrogen and oxygen atoms in total. The molecule has 1 atom stereocenters. The number of rotatable bonds is 4. The molecule has 0 saturated carbocycles. The van der Waals surface area contributed by atoms with Gasteiger partial charge in [-0.15, -0.1) is 0 Å². The van der Waals surface area contributed by atoms with Crippen molar-refractivity contribution in [2.24, 2.45) is 7.05 Å². The summed E-state index contributed by atoms with van der Waals surface area (Å²) in [6, 6.07) is 14.6. The predicted octanol–water partition coefficient (Wildman–Crippen LogP) is 4.16. The molecule has 0 aliphatic carbocycles. The average Bonchev–Trinajstić information content (AvgIpc) is 2.94. The van der Waals surface area contributed by atoms with Gasteiger partial charge in [-0.1, -0.05) is 48.5 Å². The maximum atomic E-state index is 14.0. The summed E-state index contributed by atoms with van der Waals surface area (Å²) >= 11 is 0. The molecule has 1 N–H and O–H groups in total. The van der Waals surface area contributed by atoms with E-state index in [0.29, 0.717) is 11.1 Å². The highest BCUT2D eigenvalue weighted by molar-refractivity contribution is 5.98. The number of nitrogens with zero attached hydrogens (tertiary/aromatic N) is 1. The van der Waals surface area contributed by atoms with Gasteiger partial charge in [0.25, 0.3) is 5.60 Å². The standard InChI is InChI=1S/C20H18F3NO3/c1-3-27-18(25)19(26,20(21,22)23)16-14-11-7-8-12-15(14)24(2)17(16)13-9-5-4-6-10-13/h4-12,26H,3H2,1-2H3. The fourth-order valence-corrected chi connectivity index (χ4v) is 3.29. The van der Waals surface area contributed by atoms with Crippen LogP contribution in [0.15, 0.2) is 54.6 Å². The van der Waals surface area contributed by atoms with E-state index >= 15 is 0 Å². The number of aromatic nitrogens is 1. The third-order valence-electron chi connectivity index (χ3n) is 4.50. The summed E-state index contributed by atoms with van der Waals surface area (Å²) < 4.78 is 48.3. The lowest BCUT2D eigenvalue weighted by atomic mass is 9.88. The molecule has 3 rings (SSSR count). The zero-order valence-corrected chi connectivity index (χ0v) is 14.7. The van der Waals surface area contributed by atoms with Crippen LogP contribution >= 0.6 is 0 Å². The van der Waals surface area contributed by atoms with Crippen LogP contribution in [0.5, 0.6) is 0 Å². The van der Waals surface area contributed by atoms with Crippen molar-refractivity contribution < 1.29 is 27.8 Å². The molecule has 0 saturated heterocycles. The number of aliphatic hydroxyl groups is 1. The summed E-state index contributed by atoms with van der Waals surface area (Å²) in [6.07, 6.45) is -5.27. The Morgan fingerprint density at radius 2 is 1.67 bits per heavy atom. The van der Waals surface area contributed by atoms with E-state index in [1.54, 1.807) is 55.6 Å². The van der Waals surface area contributed by atoms with Crippen LogP contribution in [0.4, 0.5) is 13.2 Å². The normalized spacial score (nSPS) is 14.1. The molecule has 7 heteroatoms. The lowest BCUT2D eigenvalue weighted by Crippen LogP contribution is -2.50. The molecular formula is C20H18F3NO3. The Hall–Kier alpha value is -2.80. The number of carbonyl (C=O) groups excluding carboxylic acids is 1. The van der Waals surface area contributed by atoms with Gasteiger partial charge >= 0.3 is 12.1 Å². The van der Waals surface area contributed by atoms with E-state index in [1.165, 1.54) is 17.6 Å². The summed E-state index contributed by atoms with van der Waals surface area (Å²) in [7, 11) is 1.59. The van der Waals surface area contributed by atoms with Crippen molar-refractivity contribution >= 4 is 16.9 Å². The van der Waals surface area contributed by atoms with Gasteiger partial charge in [-0.2, -0.15) is 13.2 Å². The van der Waals surface area contributed by atoms with Gasteiger partial charge in [0.1, 0.15) is 0 Å². The maximum Gasteiger partial charge on any atom is 0.432 e. The second kappa shape index (κ2) is 6.74. The number of fused-ring (bicyclic) bond motifs is 1. The van der Waals surface area contributed by atoms with Crippen molar-refractivity contribution in [3.63, 3.8) is 0 Å². The Bertz CT molecular complexity index is 979. The second-order valence-corrected chi connectivity index (χ2v) is 6.09. The van der Waals surface area contributed by atoms with Gasteiger partial charge in [0, 0.05) is 23.5 Å². The van der Waals surface area contributed by atoms with Crippen molar-refractivity contribution in [2.45, 2.75) is 18.7 Å². The van der Waals surface area contributed by atoms with E-state index in [0.717, 1.165) is 0 Å². The number of aryl methyl sites for hydroxylation is 1. The van der Waals surface area contributed by atoms with Crippen LogP contribution in [0.3, 0.4) is 0 Å². The second-order valence-electron chi connectivity index (χ2n) is 6.09. The molecule has 0 fully saturated rings. The van der Waals surface area contributed by atoms with E-state index in [2.05, 4.69) is 4.74 Å². The monoisotopic (exact) mass is 377 g/mol. The Morgan fingerprint density at radius 1 is 1.07 bits per heavy atom. The molecule has 0 radical (unpaired) electrons. The Balaban J connectivity index is 2.46. The third-order valence-corrected chi connectivity index (χ3v) is 4.50. The van der Waals surface area contributed by atoms with Gasteiger partial charge in [-0.3, -0.25) is 0 Å². The number of benzene rings is 2. The molecule has 1 unspecified atom stereocenters. The van der Waals surface area contributed by atoms with Crippen molar-refractivity contribution in [1.29, 1.82) is 0 Å². The van der Waals surface area contributed by atoms with Crippen molar-refractivity contribution in [1.82, 2.24) is 4.57 Å². The van der Waals surface area contributed by atoms with Crippen LogP contribution < -0.4 is 0 Å². The number of hydrogen-bond acceptors (Lipinski definition) is 3. The number of carbonyl (C=O) groups is 1. The zero-order valence-electron chi connectivity index (χ0n) is 14.7. The Labute approximate surface area is 153 Å². The summed E-state index contributed by atoms with van der Waals surface area (Å²) in [6.45, 7) is 1.10. The van der Waals surface area contributed by atoms with Gasteiger partial charge in [0.05, 0.1) is 12.3 Å². The van der Waals surface area contributed by atoms with Crippen molar-refractivity contribution in [3.05, 3.63) is 60.2 Å². The smallest absolute Gasteiger partial charge is 0.432 e. The Kier molecular flexibility index (Phi) is 4.73. The molecule has 1 heterocycles. The molecule has 3 aromatic rings. The summed E-state index contributed by atoms with van der Waals surface area (Å²) in [5.41, 5.74) is -3.33. The highest BCUT2D eigenvalue weighted by Crippen LogP contribution is 2.48. The highest BCUT2D eigenvalue weighted by atomic mass is 19.4. The van der Waals surface area contributed by atoms with E-state index in [4.69, 9.17) is 0 Å². The summed E-state index contributed by atoms with van der Waals surface area (Å²) in [5, 5.41) is 10.9. The first-order valence-corrected chi connectivity index (χ1v) is 8.33. The number of hydrogen-bond donors (Lipinski definition) is 1. The fourth-order valence-electron chi connectivity index (χ4n) is 3.29. The van der Waals surface area contributed by atoms with Gasteiger partial charge < -0.3 is 14.4 Å². The largest absolute Gasteiger partial charge is 0.463 e. The van der Waals surface area contributed by atoms with E-state index in [9.17, 15) is 23.1 Å². The minimum atomic E-state index is -5.27. The van der Waals surface area contributed by atoms with Crippen molar-refractivity contribution in [2.75, 3.05) is 6.61 Å². The number of ether oxygens (including phenoxy) is 1. The van der Waals surface area contributed by atoms with Crippen LogP contribution in [0.2, 0.25) is 0 Å². The topological polar surface area (TPSA) is 51.5 Å². The summed E-state index contributed by atoms with van der Waals surface area (Å²) in [4.78, 5) is 12.3. The SMILES string of the molecule is CCOC(=O)C(O)(c1c(-c2ccccc2)n(C)c2ccccc12)C(F)(F)F. The van der Waals surface area contributed by atoms with E-state index < -0.39 is 23.3 Å². The lowest BCUT2D eigenvalue weighted by molar-refractivity contribution is -0.267. The van der Waals surface area contributed by atoms with E-state index in [1.807, 2.05) is 0 Å². The van der Waals surface area contributed by atoms with Crippen LogP contribution in [-0.4, -0.2) is 28.4 Å². The average molecular weight is 377 g/mol. The molecule has 142 valence electrons. The van der Waals surface area contributed by atoms with Crippen LogP contribution in [-0.2, 0) is 22.2 Å². The first-order chi connectivity index (χ1) is 12.7. The van der Waals surface area contributed by atoms with Gasteiger partial charge in [0.15, 0.2) is 0 Å². The molecule has 27 heavy (non-hydrogen) atoms. The molecule has 0 bridgehead atoms. The minimum Gasteiger partial charge on any atom is -0.463 e. The van der Waals surface area contributed by atoms with Gasteiger partial charge in [-0.25, -0.2) is 4.79 Å². The molecule has 1 aromatic heterocycles. The van der Waals surface area contributed by atoms with Crippen LogP contribution in [0, 0.1) is 0 Å². The number of para-hydroxylation sites is 1. The quantitative estimate of drug-likeness (QED) is 0.695. The molecule has 0 amide bonds. The highest BCUT2D eigenvalue weighted by Gasteiger charge is 2.64. The molecule has 0 spiro atoms. The van der Waals surface area contributed by atoms with E-state index in [-0.39, 0.29) is 17.7 Å². The van der Waals surface area contributed by atoms with Crippen molar-refractivity contribution in [3.8, 4) is 11.3 Å². The first-order valence-electron chi connectivity index (χ1n) is 8.33. The predicted molar refractivity (Wildman–Crippen MR) is 94.9 cm³/mol. The Morgan fingerprint density at radius 3 is 2.26 bits per heavy atom. The number of esters is 1.